The van der Waals surface area contributed by atoms with Crippen molar-refractivity contribution < 1.29 is 29.0 Å². The maximum Gasteiger partial charge on any atom is 0.408 e. The summed E-state index contributed by atoms with van der Waals surface area (Å²) in [5.74, 6) is -2.04. The maximum atomic E-state index is 11.4. The average Bonchev–Trinajstić information content (AvgIpc) is 2.20. The van der Waals surface area contributed by atoms with Crippen molar-refractivity contribution in [2.75, 3.05) is 7.11 Å². The van der Waals surface area contributed by atoms with Crippen LogP contribution in [-0.2, 0) is 19.1 Å². The van der Waals surface area contributed by atoms with Gasteiger partial charge >= 0.3 is 12.1 Å². The molecule has 0 aromatic carbocycles. The molecule has 0 rings (SSSR count). The van der Waals surface area contributed by atoms with E-state index in [-0.39, 0.29) is 12.8 Å². The molecule has 0 fully saturated rings. The third-order valence-corrected chi connectivity index (χ3v) is 1.81. The second-order valence-electron chi connectivity index (χ2n) is 4.63. The minimum atomic E-state index is -1.31. The van der Waals surface area contributed by atoms with E-state index in [0.717, 1.165) is 7.11 Å². The van der Waals surface area contributed by atoms with Crippen LogP contribution in [0.4, 0.5) is 4.79 Å². The van der Waals surface area contributed by atoms with E-state index in [1.54, 1.807) is 20.8 Å². The van der Waals surface area contributed by atoms with Crippen LogP contribution in [0.15, 0.2) is 0 Å². The molecule has 0 saturated heterocycles. The summed E-state index contributed by atoms with van der Waals surface area (Å²) in [4.78, 5) is 33.1. The molecule has 0 spiro atoms. The van der Waals surface area contributed by atoms with Gasteiger partial charge in [-0.15, -0.1) is 0 Å². The Balaban J connectivity index is 4.45. The van der Waals surface area contributed by atoms with Gasteiger partial charge in [0.05, 0.1) is 7.11 Å². The second kappa shape index (κ2) is 6.83. The fourth-order valence-electron chi connectivity index (χ4n) is 1.10. The van der Waals surface area contributed by atoms with Crippen molar-refractivity contribution in [1.29, 1.82) is 0 Å². The van der Waals surface area contributed by atoms with Gasteiger partial charge in [-0.3, -0.25) is 0 Å². The summed E-state index contributed by atoms with van der Waals surface area (Å²) in [6.45, 7) is 5.00. The zero-order valence-electron chi connectivity index (χ0n) is 10.9. The smallest absolute Gasteiger partial charge is 0.408 e. The average molecular weight is 260 g/mol. The molecule has 7 heteroatoms. The number of alkyl carbamates (subject to hydrolysis) is 1. The summed E-state index contributed by atoms with van der Waals surface area (Å²) in [6, 6.07) is -1.07. The van der Waals surface area contributed by atoms with Crippen LogP contribution >= 0.6 is 0 Å². The molecule has 0 heterocycles. The van der Waals surface area contributed by atoms with Gasteiger partial charge in [0, 0.05) is 5.97 Å². The minimum absolute atomic E-state index is 0.117. The number of hydrogen-bond acceptors (Lipinski definition) is 6. The first-order chi connectivity index (χ1) is 8.15. The zero-order chi connectivity index (χ0) is 14.3. The van der Waals surface area contributed by atoms with Gasteiger partial charge in [-0.2, -0.15) is 0 Å². The van der Waals surface area contributed by atoms with Crippen LogP contribution in [0.3, 0.4) is 0 Å². The molecule has 0 aromatic rings. The van der Waals surface area contributed by atoms with Crippen molar-refractivity contribution in [3.05, 3.63) is 0 Å². The Kier molecular flexibility index (Phi) is 6.15. The fraction of sp³-hybridized carbons (Fsp3) is 0.727. The van der Waals surface area contributed by atoms with Crippen LogP contribution < -0.4 is 10.4 Å². The van der Waals surface area contributed by atoms with Crippen molar-refractivity contribution >= 4 is 18.0 Å². The summed E-state index contributed by atoms with van der Waals surface area (Å²) >= 11 is 0. The number of esters is 1. The molecule has 0 radical (unpaired) electrons. The minimum Gasteiger partial charge on any atom is -0.550 e. The SMILES string of the molecule is COC(=O)C(CCC(=O)[O-])NC(=O)OC(C)(C)C. The lowest BCUT2D eigenvalue weighted by atomic mass is 10.1. The lowest BCUT2D eigenvalue weighted by Crippen LogP contribution is -2.44. The van der Waals surface area contributed by atoms with Crippen molar-refractivity contribution in [2.45, 2.75) is 45.3 Å². The quantitative estimate of drug-likeness (QED) is 0.673. The zero-order valence-corrected chi connectivity index (χ0v) is 10.9. The molecule has 1 unspecified atom stereocenters. The Morgan fingerprint density at radius 2 is 1.83 bits per heavy atom. The van der Waals surface area contributed by atoms with Gasteiger partial charge in [0.15, 0.2) is 0 Å². The largest absolute Gasteiger partial charge is 0.550 e. The molecule has 1 amide bonds. The van der Waals surface area contributed by atoms with E-state index in [1.165, 1.54) is 0 Å². The van der Waals surface area contributed by atoms with Gasteiger partial charge in [-0.05, 0) is 33.6 Å². The molecular formula is C11H18NO6-. The number of carboxylic acids is 1. The Morgan fingerprint density at radius 3 is 2.22 bits per heavy atom. The molecule has 7 nitrogen and oxygen atoms in total. The van der Waals surface area contributed by atoms with Crippen LogP contribution in [0.25, 0.3) is 0 Å². The molecule has 0 bridgehead atoms. The number of amides is 1. The monoisotopic (exact) mass is 260 g/mol. The summed E-state index contributed by atoms with van der Waals surface area (Å²) in [7, 11) is 1.14. The van der Waals surface area contributed by atoms with E-state index in [1.807, 2.05) is 0 Å². The first-order valence-corrected chi connectivity index (χ1v) is 5.43. The van der Waals surface area contributed by atoms with E-state index in [2.05, 4.69) is 10.1 Å². The maximum absolute atomic E-state index is 11.4. The van der Waals surface area contributed by atoms with Crippen LogP contribution in [0.2, 0.25) is 0 Å². The molecule has 18 heavy (non-hydrogen) atoms. The van der Waals surface area contributed by atoms with Gasteiger partial charge < -0.3 is 24.7 Å². The fourth-order valence-corrected chi connectivity index (χ4v) is 1.10. The van der Waals surface area contributed by atoms with Crippen LogP contribution in [-0.4, -0.2) is 36.8 Å². The van der Waals surface area contributed by atoms with Gasteiger partial charge in [0.25, 0.3) is 0 Å². The Morgan fingerprint density at radius 1 is 1.28 bits per heavy atom. The van der Waals surface area contributed by atoms with E-state index >= 15 is 0 Å². The predicted molar refractivity (Wildman–Crippen MR) is 59.4 cm³/mol. The number of nitrogens with one attached hydrogen (secondary N) is 1. The second-order valence-corrected chi connectivity index (χ2v) is 4.63. The Labute approximate surface area is 105 Å². The molecule has 0 aliphatic heterocycles. The third kappa shape index (κ3) is 7.48. The molecular weight excluding hydrogens is 242 g/mol. The van der Waals surface area contributed by atoms with Gasteiger partial charge in [-0.1, -0.05) is 0 Å². The van der Waals surface area contributed by atoms with E-state index in [4.69, 9.17) is 4.74 Å². The summed E-state index contributed by atoms with van der Waals surface area (Å²) in [6.07, 6.45) is -1.29. The van der Waals surface area contributed by atoms with E-state index < -0.39 is 29.7 Å². The van der Waals surface area contributed by atoms with Crippen LogP contribution in [0.1, 0.15) is 33.6 Å². The summed E-state index contributed by atoms with van der Waals surface area (Å²) in [5, 5.41) is 12.6. The van der Waals surface area contributed by atoms with Gasteiger partial charge in [0.2, 0.25) is 0 Å². The highest BCUT2D eigenvalue weighted by Gasteiger charge is 2.24. The summed E-state index contributed by atoms with van der Waals surface area (Å²) in [5.41, 5.74) is -0.709. The standard InChI is InChI=1S/C11H19NO6/c1-11(2,3)18-10(16)12-7(9(15)17-4)5-6-8(13)14/h7H,5-6H2,1-4H3,(H,12,16)(H,13,14)/p-1. The van der Waals surface area contributed by atoms with E-state index in [0.29, 0.717) is 0 Å². The topological polar surface area (TPSA) is 105 Å². The first kappa shape index (κ1) is 16.2. The van der Waals surface area contributed by atoms with Crippen LogP contribution in [0.5, 0.6) is 0 Å². The highest BCUT2D eigenvalue weighted by molar-refractivity contribution is 5.81. The number of aliphatic carboxylic acids is 1. The predicted octanol–water partition coefficient (Wildman–Crippen LogP) is -0.417. The van der Waals surface area contributed by atoms with Crippen LogP contribution in [0, 0.1) is 0 Å². The number of carboxylic acid groups (broad SMARTS) is 1. The van der Waals surface area contributed by atoms with Gasteiger partial charge in [-0.25, -0.2) is 9.59 Å². The lowest BCUT2D eigenvalue weighted by molar-refractivity contribution is -0.305. The van der Waals surface area contributed by atoms with E-state index in [9.17, 15) is 19.5 Å². The molecule has 1 N–H and O–H groups in total. The van der Waals surface area contributed by atoms with Crippen molar-refractivity contribution in [3.8, 4) is 0 Å². The first-order valence-electron chi connectivity index (χ1n) is 5.43. The number of carbonyl (C=O) groups excluding carboxylic acids is 3. The number of methoxy groups -OCH3 is 1. The lowest BCUT2D eigenvalue weighted by Gasteiger charge is -2.22. The number of rotatable bonds is 5. The van der Waals surface area contributed by atoms with Crippen molar-refractivity contribution in [3.63, 3.8) is 0 Å². The number of hydrogen-bond donors (Lipinski definition) is 1. The Hall–Kier alpha value is -1.79. The molecule has 104 valence electrons. The number of ether oxygens (including phenoxy) is 2. The number of carbonyl (C=O) groups is 3. The molecule has 0 aliphatic carbocycles. The molecule has 1 atom stereocenters. The normalized spacial score (nSPS) is 12.4. The molecule has 0 aliphatic rings. The molecule has 0 aromatic heterocycles. The third-order valence-electron chi connectivity index (χ3n) is 1.81. The van der Waals surface area contributed by atoms with Gasteiger partial charge in [0.1, 0.15) is 11.6 Å². The summed E-state index contributed by atoms with van der Waals surface area (Å²) < 4.78 is 9.40. The molecule has 0 saturated carbocycles. The van der Waals surface area contributed by atoms with Crippen molar-refractivity contribution in [2.24, 2.45) is 0 Å². The highest BCUT2D eigenvalue weighted by atomic mass is 16.6. The Bertz CT molecular complexity index is 320. The highest BCUT2D eigenvalue weighted by Crippen LogP contribution is 2.08. The van der Waals surface area contributed by atoms with Crippen molar-refractivity contribution in [1.82, 2.24) is 5.32 Å².